The van der Waals surface area contributed by atoms with Crippen LogP contribution >= 0.6 is 11.6 Å². The third kappa shape index (κ3) is 1.79. The summed E-state index contributed by atoms with van der Waals surface area (Å²) in [7, 11) is 0. The van der Waals surface area contributed by atoms with Gasteiger partial charge in [0.25, 0.3) is 0 Å². The Hall–Kier alpha value is -1.94. The fourth-order valence-corrected chi connectivity index (χ4v) is 2.57. The van der Waals surface area contributed by atoms with Crippen LogP contribution < -0.4 is 0 Å². The zero-order valence-electron chi connectivity index (χ0n) is 10.1. The van der Waals surface area contributed by atoms with Crippen LogP contribution in [0.15, 0.2) is 36.8 Å². The van der Waals surface area contributed by atoms with Gasteiger partial charge < -0.3 is 4.57 Å². The van der Waals surface area contributed by atoms with Gasteiger partial charge in [-0.1, -0.05) is 18.2 Å². The van der Waals surface area contributed by atoms with Crippen molar-refractivity contribution < 1.29 is 0 Å². The van der Waals surface area contributed by atoms with Gasteiger partial charge in [0.15, 0.2) is 5.82 Å². The highest BCUT2D eigenvalue weighted by molar-refractivity contribution is 6.28. The summed E-state index contributed by atoms with van der Waals surface area (Å²) in [5.74, 6) is 0.635. The molecule has 1 aliphatic carbocycles. The van der Waals surface area contributed by atoms with Crippen LogP contribution in [0.1, 0.15) is 18.9 Å². The lowest BCUT2D eigenvalue weighted by atomic mass is 10.1. The average Bonchev–Trinajstić information content (AvgIpc) is 3.20. The normalized spacial score (nSPS) is 15.0. The summed E-state index contributed by atoms with van der Waals surface area (Å²) in [6.45, 7) is 0. The van der Waals surface area contributed by atoms with Crippen LogP contribution in [-0.2, 0) is 0 Å². The summed E-state index contributed by atoms with van der Waals surface area (Å²) in [5.41, 5.74) is 2.25. The van der Waals surface area contributed by atoms with E-state index in [1.54, 1.807) is 0 Å². The lowest BCUT2D eigenvalue weighted by Crippen LogP contribution is -1.91. The maximum Gasteiger partial charge on any atom is 0.225 e. The fourth-order valence-electron chi connectivity index (χ4n) is 2.44. The van der Waals surface area contributed by atoms with Crippen LogP contribution in [0.2, 0.25) is 5.28 Å². The van der Waals surface area contributed by atoms with Gasteiger partial charge in [-0.2, -0.15) is 4.98 Å². The molecule has 0 N–H and O–H groups in total. The van der Waals surface area contributed by atoms with Crippen molar-refractivity contribution in [1.29, 1.82) is 0 Å². The molecule has 0 radical (unpaired) electrons. The molecular weight excluding hydrogens is 260 g/mol. The fraction of sp³-hybridized carbons (Fsp3) is 0.214. The summed E-state index contributed by atoms with van der Waals surface area (Å²) in [6, 6.07) is 8.95. The molecule has 1 aromatic carbocycles. The highest BCUT2D eigenvalue weighted by Gasteiger charge is 2.26. The number of hydrogen-bond donors (Lipinski definition) is 0. The smallest absolute Gasteiger partial charge is 0.225 e. The predicted molar refractivity (Wildman–Crippen MR) is 74.0 cm³/mol. The largest absolute Gasteiger partial charge is 0.344 e. The molecule has 1 saturated carbocycles. The number of halogens is 1. The number of aromatic nitrogens is 4. The second-order valence-corrected chi connectivity index (χ2v) is 5.11. The first kappa shape index (κ1) is 10.9. The molecule has 0 aliphatic heterocycles. The first-order chi connectivity index (χ1) is 9.33. The van der Waals surface area contributed by atoms with Crippen LogP contribution in [0.3, 0.4) is 0 Å². The number of nitrogens with zero attached hydrogens (tertiary/aromatic N) is 4. The monoisotopic (exact) mass is 270 g/mol. The molecule has 0 bridgehead atoms. The topological polar surface area (TPSA) is 43.6 Å². The second kappa shape index (κ2) is 4.03. The zero-order valence-corrected chi connectivity index (χ0v) is 10.9. The summed E-state index contributed by atoms with van der Waals surface area (Å²) in [6.07, 6.45) is 6.08. The number of rotatable bonds is 2. The van der Waals surface area contributed by atoms with Gasteiger partial charge in [0.05, 0.1) is 0 Å². The maximum atomic E-state index is 5.86. The van der Waals surface area contributed by atoms with Crippen molar-refractivity contribution in [3.05, 3.63) is 42.1 Å². The highest BCUT2D eigenvalue weighted by atomic mass is 35.5. The van der Waals surface area contributed by atoms with E-state index < -0.39 is 0 Å². The van der Waals surface area contributed by atoms with Crippen LogP contribution in [0.25, 0.3) is 22.3 Å². The number of hydrogen-bond acceptors (Lipinski definition) is 3. The van der Waals surface area contributed by atoms with E-state index in [-0.39, 0.29) is 5.28 Å². The Labute approximate surface area is 115 Å². The molecule has 2 aromatic heterocycles. The van der Waals surface area contributed by atoms with Gasteiger partial charge in [0.2, 0.25) is 5.28 Å². The molecule has 1 fully saturated rings. The lowest BCUT2D eigenvalue weighted by Gasteiger charge is -2.00. The van der Waals surface area contributed by atoms with Crippen LogP contribution in [0.5, 0.6) is 0 Å². The minimum absolute atomic E-state index is 0.230. The molecule has 19 heavy (non-hydrogen) atoms. The summed E-state index contributed by atoms with van der Waals surface area (Å²) in [4.78, 5) is 12.3. The minimum Gasteiger partial charge on any atom is -0.344 e. The van der Waals surface area contributed by atoms with Crippen molar-refractivity contribution in [2.75, 3.05) is 0 Å². The Morgan fingerprint density at radius 3 is 2.79 bits per heavy atom. The molecule has 4 rings (SSSR count). The molecule has 0 amide bonds. The van der Waals surface area contributed by atoms with Gasteiger partial charge in [0, 0.05) is 28.7 Å². The van der Waals surface area contributed by atoms with Crippen molar-refractivity contribution >= 4 is 22.5 Å². The summed E-state index contributed by atoms with van der Waals surface area (Å²) < 4.78 is 2.32. The van der Waals surface area contributed by atoms with E-state index in [4.69, 9.17) is 11.6 Å². The van der Waals surface area contributed by atoms with E-state index in [1.165, 1.54) is 24.7 Å². The van der Waals surface area contributed by atoms with Gasteiger partial charge in [-0.15, -0.1) is 0 Å². The Morgan fingerprint density at radius 2 is 2.00 bits per heavy atom. The third-order valence-electron chi connectivity index (χ3n) is 3.46. The first-order valence-electron chi connectivity index (χ1n) is 6.27. The van der Waals surface area contributed by atoms with Gasteiger partial charge in [0.1, 0.15) is 6.33 Å². The zero-order chi connectivity index (χ0) is 12.8. The van der Waals surface area contributed by atoms with Gasteiger partial charge in [-0.25, -0.2) is 9.97 Å². The maximum absolute atomic E-state index is 5.86. The Morgan fingerprint density at radius 1 is 1.16 bits per heavy atom. The molecule has 0 atom stereocenters. The van der Waals surface area contributed by atoms with Crippen molar-refractivity contribution in [2.24, 2.45) is 0 Å². The molecule has 0 spiro atoms. The standard InChI is InChI=1S/C14H11ClN4/c15-14-17-8-16-13(18-14)11-7-19(9-5-6-9)12-4-2-1-3-10(11)12/h1-4,7-9H,5-6H2. The van der Waals surface area contributed by atoms with E-state index in [0.717, 1.165) is 10.9 Å². The third-order valence-corrected chi connectivity index (χ3v) is 3.65. The Bertz CT molecular complexity index is 761. The SMILES string of the molecule is Clc1ncnc(-c2cn(C3CC3)c3ccccc23)n1. The molecule has 1 aliphatic rings. The van der Waals surface area contributed by atoms with Crippen molar-refractivity contribution in [1.82, 2.24) is 19.5 Å². The molecule has 0 unspecified atom stereocenters. The summed E-state index contributed by atoms with van der Waals surface area (Å²) in [5, 5.41) is 1.39. The first-order valence-corrected chi connectivity index (χ1v) is 6.65. The van der Waals surface area contributed by atoms with E-state index >= 15 is 0 Å². The molecule has 2 heterocycles. The van der Waals surface area contributed by atoms with Gasteiger partial charge in [-0.3, -0.25) is 0 Å². The predicted octanol–water partition coefficient (Wildman–Crippen LogP) is 3.48. The minimum atomic E-state index is 0.230. The van der Waals surface area contributed by atoms with Crippen LogP contribution in [0.4, 0.5) is 0 Å². The molecule has 94 valence electrons. The lowest BCUT2D eigenvalue weighted by molar-refractivity contribution is 0.776. The molecule has 3 aromatic rings. The Balaban J connectivity index is 1.99. The van der Waals surface area contributed by atoms with Crippen molar-refractivity contribution in [3.63, 3.8) is 0 Å². The van der Waals surface area contributed by atoms with E-state index in [0.29, 0.717) is 11.9 Å². The second-order valence-electron chi connectivity index (χ2n) is 4.78. The number of benzene rings is 1. The molecule has 5 heteroatoms. The van der Waals surface area contributed by atoms with Gasteiger partial charge in [-0.05, 0) is 30.5 Å². The van der Waals surface area contributed by atoms with Gasteiger partial charge >= 0.3 is 0 Å². The van der Waals surface area contributed by atoms with Crippen molar-refractivity contribution in [2.45, 2.75) is 18.9 Å². The molecule has 4 nitrogen and oxygen atoms in total. The number of para-hydroxylation sites is 1. The molecule has 0 saturated heterocycles. The number of fused-ring (bicyclic) bond motifs is 1. The van der Waals surface area contributed by atoms with E-state index in [2.05, 4.69) is 43.9 Å². The quantitative estimate of drug-likeness (QED) is 0.716. The molecular formula is C14H11ClN4. The van der Waals surface area contributed by atoms with Crippen LogP contribution in [0, 0.1) is 0 Å². The summed E-state index contributed by atoms with van der Waals surface area (Å²) >= 11 is 5.86. The van der Waals surface area contributed by atoms with E-state index in [1.807, 2.05) is 6.07 Å². The van der Waals surface area contributed by atoms with Crippen LogP contribution in [-0.4, -0.2) is 19.5 Å². The highest BCUT2D eigenvalue weighted by Crippen LogP contribution is 2.40. The van der Waals surface area contributed by atoms with Crippen molar-refractivity contribution in [3.8, 4) is 11.4 Å². The Kier molecular flexibility index (Phi) is 2.32. The van der Waals surface area contributed by atoms with E-state index in [9.17, 15) is 0 Å². The average molecular weight is 271 g/mol.